The number of hydrogen-bond donors (Lipinski definition) is 0. The zero-order chi connectivity index (χ0) is 40.7. The van der Waals surface area contributed by atoms with Crippen molar-refractivity contribution in [3.63, 3.8) is 0 Å². The molecule has 0 aromatic carbocycles. The zero-order valence-electron chi connectivity index (χ0n) is 40.4. The van der Waals surface area contributed by atoms with E-state index in [-0.39, 0.29) is 12.4 Å². The van der Waals surface area contributed by atoms with Crippen molar-refractivity contribution in [2.45, 2.75) is 297 Å². The van der Waals surface area contributed by atoms with Gasteiger partial charge in [-0.15, -0.1) is 0 Å². The minimum atomic E-state index is -1.09. The van der Waals surface area contributed by atoms with Gasteiger partial charge in [0.2, 0.25) is 0 Å². The van der Waals surface area contributed by atoms with Gasteiger partial charge in [0.05, 0.1) is 26.7 Å². The van der Waals surface area contributed by atoms with Crippen molar-refractivity contribution in [1.82, 2.24) is 0 Å². The average Bonchev–Trinajstić information content (AvgIpc) is 3.19. The highest BCUT2D eigenvalue weighted by molar-refractivity contribution is 6.44. The molecule has 0 aromatic heterocycles. The standard InChI is InChI=1S/C52H109NO2Si.ClH/c1-6-10-12-14-16-18-20-22-24-26-28-30-32-34-36-38-40-42-44-46-49-53(5,51-48-52-56(54-8-3)55-9-4)50-47-45-43-41-39-37-35-33-31-29-27-25-23-21-19-17-15-13-11-7-2;/h6-52H2,1-5H3;1H/q+1;/p-1. The van der Waals surface area contributed by atoms with E-state index in [1.54, 1.807) is 0 Å². The van der Waals surface area contributed by atoms with Gasteiger partial charge in [-0.2, -0.15) is 0 Å². The molecule has 0 heterocycles. The lowest BCUT2D eigenvalue weighted by atomic mass is 10.0. The number of quaternary nitrogens is 1. The van der Waals surface area contributed by atoms with Crippen molar-refractivity contribution >= 4 is 9.28 Å². The van der Waals surface area contributed by atoms with E-state index in [4.69, 9.17) is 8.85 Å². The van der Waals surface area contributed by atoms with Crippen molar-refractivity contribution in [3.05, 3.63) is 0 Å². The molecule has 0 atom stereocenters. The second kappa shape index (κ2) is 50.7. The largest absolute Gasteiger partial charge is 1.00 e. The maximum Gasteiger partial charge on any atom is 0.384 e. The molecule has 0 aromatic rings. The Morgan fingerprint density at radius 3 is 0.684 bits per heavy atom. The van der Waals surface area contributed by atoms with Crippen molar-refractivity contribution in [3.8, 4) is 0 Å². The fraction of sp³-hybridized carbons (Fsp3) is 1.00. The molecule has 0 bridgehead atoms. The number of unbranched alkanes of at least 4 members (excludes halogenated alkanes) is 38. The van der Waals surface area contributed by atoms with Gasteiger partial charge in [-0.1, -0.05) is 245 Å². The van der Waals surface area contributed by atoms with Crippen LogP contribution < -0.4 is 12.4 Å². The van der Waals surface area contributed by atoms with Gasteiger partial charge in [0.1, 0.15) is 0 Å². The van der Waals surface area contributed by atoms with Gasteiger partial charge in [0.25, 0.3) is 0 Å². The van der Waals surface area contributed by atoms with E-state index in [0.29, 0.717) is 0 Å². The smallest absolute Gasteiger partial charge is 0.384 e. The molecule has 0 aliphatic rings. The van der Waals surface area contributed by atoms with E-state index in [1.807, 2.05) is 0 Å². The van der Waals surface area contributed by atoms with Gasteiger partial charge >= 0.3 is 9.28 Å². The minimum absolute atomic E-state index is 0. The Kier molecular flexibility index (Phi) is 52.9. The second-order valence-electron chi connectivity index (χ2n) is 18.6. The molecule has 0 N–H and O–H groups in total. The Balaban J connectivity index is 0. The summed E-state index contributed by atoms with van der Waals surface area (Å²) in [5, 5.41) is 0. The lowest BCUT2D eigenvalue weighted by Crippen LogP contribution is -3.00. The predicted molar refractivity (Wildman–Crippen MR) is 255 cm³/mol. The number of hydrogen-bond acceptors (Lipinski definition) is 2. The summed E-state index contributed by atoms with van der Waals surface area (Å²) < 4.78 is 13.2. The van der Waals surface area contributed by atoms with Crippen LogP contribution in [0, 0.1) is 0 Å². The maximum atomic E-state index is 5.98. The molecule has 0 saturated heterocycles. The molecule has 0 fully saturated rings. The van der Waals surface area contributed by atoms with E-state index in [9.17, 15) is 0 Å². The topological polar surface area (TPSA) is 18.5 Å². The molecule has 0 rings (SSSR count). The highest BCUT2D eigenvalue weighted by Gasteiger charge is 2.23. The third-order valence-corrected chi connectivity index (χ3v) is 14.8. The quantitative estimate of drug-likeness (QED) is 0.0345. The van der Waals surface area contributed by atoms with Crippen LogP contribution in [0.3, 0.4) is 0 Å². The summed E-state index contributed by atoms with van der Waals surface area (Å²) in [6.45, 7) is 14.5. The normalized spacial score (nSPS) is 11.9. The Hall–Kier alpha value is 0.387. The molecule has 1 radical (unpaired) electrons. The molecule has 0 amide bonds. The third-order valence-electron chi connectivity index (χ3n) is 12.8. The minimum Gasteiger partial charge on any atom is -1.00 e. The Bertz CT molecular complexity index is 662. The summed E-state index contributed by atoms with van der Waals surface area (Å²) in [7, 11) is 1.48. The van der Waals surface area contributed by atoms with E-state index in [1.165, 1.54) is 287 Å². The fourth-order valence-corrected chi connectivity index (χ4v) is 10.4. The van der Waals surface area contributed by atoms with Gasteiger partial charge in [-0.05, 0) is 52.0 Å². The fourth-order valence-electron chi connectivity index (χ4n) is 8.95. The number of rotatable bonds is 50. The molecule has 0 aliphatic carbocycles. The van der Waals surface area contributed by atoms with Crippen molar-refractivity contribution in [2.24, 2.45) is 0 Å². The van der Waals surface area contributed by atoms with Crippen LogP contribution in [0.1, 0.15) is 291 Å². The molecule has 57 heavy (non-hydrogen) atoms. The molecule has 0 aliphatic heterocycles. The first-order valence-electron chi connectivity index (χ1n) is 26.6. The summed E-state index contributed by atoms with van der Waals surface area (Å²) in [6, 6.07) is 1.14. The highest BCUT2D eigenvalue weighted by Crippen LogP contribution is 2.19. The van der Waals surface area contributed by atoms with Gasteiger partial charge in [-0.25, -0.2) is 0 Å². The second-order valence-corrected chi connectivity index (χ2v) is 20.4. The van der Waals surface area contributed by atoms with Crippen LogP contribution in [-0.4, -0.2) is 53.7 Å². The summed E-state index contributed by atoms with van der Waals surface area (Å²) in [5.41, 5.74) is 0. The van der Waals surface area contributed by atoms with Crippen molar-refractivity contribution in [2.75, 3.05) is 39.9 Å². The first kappa shape index (κ1) is 59.5. The summed E-state index contributed by atoms with van der Waals surface area (Å²) in [6.07, 6.45) is 59.6. The average molecular weight is 844 g/mol. The summed E-state index contributed by atoms with van der Waals surface area (Å²) in [5.74, 6) is 0. The maximum absolute atomic E-state index is 5.98. The van der Waals surface area contributed by atoms with Gasteiger partial charge in [0.15, 0.2) is 0 Å². The lowest BCUT2D eigenvalue weighted by Gasteiger charge is -2.35. The number of halogens is 1. The van der Waals surface area contributed by atoms with Crippen molar-refractivity contribution < 1.29 is 25.7 Å². The number of nitrogens with zero attached hydrogens (tertiary/aromatic N) is 1. The van der Waals surface area contributed by atoms with Crippen LogP contribution in [0.2, 0.25) is 6.04 Å². The van der Waals surface area contributed by atoms with Gasteiger partial charge in [0, 0.05) is 13.2 Å². The van der Waals surface area contributed by atoms with Crippen LogP contribution in [0.4, 0.5) is 0 Å². The van der Waals surface area contributed by atoms with Crippen LogP contribution in [-0.2, 0) is 8.85 Å². The third kappa shape index (κ3) is 47.3. The zero-order valence-corrected chi connectivity index (χ0v) is 42.1. The van der Waals surface area contributed by atoms with E-state index >= 15 is 0 Å². The molecule has 0 unspecified atom stereocenters. The lowest BCUT2D eigenvalue weighted by molar-refractivity contribution is -0.910. The highest BCUT2D eigenvalue weighted by atomic mass is 35.5. The SMILES string of the molecule is CCCCCCCCCCCCCCCCCCCCCC[N+](C)(CCCCCCCCCCCCCCCCCCCCCC)CCC[Si](OCC)OCC.[Cl-]. The Morgan fingerprint density at radius 1 is 0.281 bits per heavy atom. The molecule has 0 saturated carbocycles. The predicted octanol–water partition coefficient (Wildman–Crippen LogP) is 15.0. The molecule has 5 heteroatoms. The van der Waals surface area contributed by atoms with Crippen molar-refractivity contribution in [1.29, 1.82) is 0 Å². The van der Waals surface area contributed by atoms with Crippen LogP contribution >= 0.6 is 0 Å². The first-order chi connectivity index (χ1) is 27.6. The Morgan fingerprint density at radius 2 is 0.474 bits per heavy atom. The van der Waals surface area contributed by atoms with E-state index in [0.717, 1.165) is 19.3 Å². The molecule has 345 valence electrons. The molecular weight excluding hydrogens is 734 g/mol. The van der Waals surface area contributed by atoms with Gasteiger partial charge < -0.3 is 25.7 Å². The molecule has 3 nitrogen and oxygen atoms in total. The summed E-state index contributed by atoms with van der Waals surface area (Å²) >= 11 is 0. The first-order valence-corrected chi connectivity index (χ1v) is 28.1. The Labute approximate surface area is 370 Å². The van der Waals surface area contributed by atoms with Gasteiger partial charge in [-0.3, -0.25) is 0 Å². The van der Waals surface area contributed by atoms with E-state index in [2.05, 4.69) is 34.7 Å². The molecular formula is C52H109ClNO2Si. The van der Waals surface area contributed by atoms with Crippen LogP contribution in [0.5, 0.6) is 0 Å². The van der Waals surface area contributed by atoms with Crippen LogP contribution in [0.15, 0.2) is 0 Å². The van der Waals surface area contributed by atoms with Crippen LogP contribution in [0.25, 0.3) is 0 Å². The monoisotopic (exact) mass is 843 g/mol. The van der Waals surface area contributed by atoms with E-state index < -0.39 is 9.28 Å². The summed E-state index contributed by atoms with van der Waals surface area (Å²) in [4.78, 5) is 0. The molecule has 0 spiro atoms.